The molecule has 0 aliphatic rings. The number of rotatable bonds is 8. The number of carbonyl (C=O) groups excluding carboxylic acids is 2. The molecule has 0 aliphatic heterocycles. The van der Waals surface area contributed by atoms with Gasteiger partial charge in [-0.15, -0.1) is 10.2 Å². The van der Waals surface area contributed by atoms with Gasteiger partial charge in [0.05, 0.1) is 7.11 Å². The molecule has 10 heteroatoms. The van der Waals surface area contributed by atoms with Crippen molar-refractivity contribution in [2.75, 3.05) is 7.11 Å². The van der Waals surface area contributed by atoms with Crippen molar-refractivity contribution >= 4 is 23.6 Å². The number of amides is 1. The van der Waals surface area contributed by atoms with Gasteiger partial charge in [0.15, 0.2) is 10.8 Å². The van der Waals surface area contributed by atoms with Gasteiger partial charge in [-0.1, -0.05) is 54.1 Å². The fourth-order valence-electron chi connectivity index (χ4n) is 3.52. The molecule has 2 heterocycles. The number of nitrogens with zero attached hydrogens (tertiary/aromatic N) is 3. The maximum atomic E-state index is 12.7. The Kier molecular flexibility index (Phi) is 7.32. The highest BCUT2D eigenvalue weighted by Crippen LogP contribution is 2.39. The van der Waals surface area contributed by atoms with Gasteiger partial charge in [-0.3, -0.25) is 4.79 Å². The first kappa shape index (κ1) is 25.0. The molecular weight excluding hydrogens is 504 g/mol. The SMILES string of the molecule is COC(=O)C(NC(=O)c1ccccc1)c1nnc(-c2nc(-c3ccccc3)oc2Sc2ccc(C)cc2)o1. The topological polar surface area (TPSA) is 120 Å². The van der Waals surface area contributed by atoms with Gasteiger partial charge in [-0.05, 0) is 55.1 Å². The normalized spacial score (nSPS) is 11.6. The van der Waals surface area contributed by atoms with Crippen LogP contribution in [0.5, 0.6) is 0 Å². The zero-order chi connectivity index (χ0) is 26.5. The van der Waals surface area contributed by atoms with Crippen molar-refractivity contribution in [3.63, 3.8) is 0 Å². The second-order valence-electron chi connectivity index (χ2n) is 8.18. The number of methoxy groups -OCH3 is 1. The molecule has 0 fully saturated rings. The van der Waals surface area contributed by atoms with Crippen molar-refractivity contribution in [1.29, 1.82) is 0 Å². The zero-order valence-corrected chi connectivity index (χ0v) is 21.3. The third-order valence-electron chi connectivity index (χ3n) is 5.49. The molecule has 1 unspecified atom stereocenters. The van der Waals surface area contributed by atoms with E-state index in [0.717, 1.165) is 16.0 Å². The lowest BCUT2D eigenvalue weighted by molar-refractivity contribution is -0.143. The van der Waals surface area contributed by atoms with E-state index in [-0.39, 0.29) is 11.8 Å². The van der Waals surface area contributed by atoms with E-state index in [1.807, 2.05) is 61.5 Å². The summed E-state index contributed by atoms with van der Waals surface area (Å²) in [7, 11) is 1.21. The van der Waals surface area contributed by atoms with Crippen LogP contribution in [0.1, 0.15) is 27.9 Å². The molecule has 2 aromatic heterocycles. The van der Waals surface area contributed by atoms with Gasteiger partial charge in [0.25, 0.3) is 17.7 Å². The van der Waals surface area contributed by atoms with E-state index in [2.05, 4.69) is 20.5 Å². The fraction of sp³-hybridized carbons (Fsp3) is 0.107. The third kappa shape index (κ3) is 5.50. The standard InChI is InChI=1S/C28H22N4O5S/c1-17-13-15-20(16-14-17)38-28-22(30-24(37-28)19-11-7-4-8-12-19)26-32-31-25(36-26)21(27(34)35-2)29-23(33)18-9-5-3-6-10-18/h3-16,21H,1-2H3,(H,29,33). The highest BCUT2D eigenvalue weighted by molar-refractivity contribution is 7.99. The van der Waals surface area contributed by atoms with Gasteiger partial charge in [0.2, 0.25) is 11.9 Å². The molecule has 38 heavy (non-hydrogen) atoms. The number of nitrogens with one attached hydrogen (secondary N) is 1. The maximum Gasteiger partial charge on any atom is 0.338 e. The Bertz CT molecular complexity index is 1550. The van der Waals surface area contributed by atoms with E-state index >= 15 is 0 Å². The fourth-order valence-corrected chi connectivity index (χ4v) is 4.35. The summed E-state index contributed by atoms with van der Waals surface area (Å²) in [6, 6.07) is 24.5. The predicted molar refractivity (Wildman–Crippen MR) is 139 cm³/mol. The van der Waals surface area contributed by atoms with Gasteiger partial charge in [0, 0.05) is 16.0 Å². The highest BCUT2D eigenvalue weighted by Gasteiger charge is 2.31. The molecule has 0 aliphatic carbocycles. The number of hydrogen-bond acceptors (Lipinski definition) is 9. The number of carbonyl (C=O) groups is 2. The van der Waals surface area contributed by atoms with E-state index in [4.69, 9.17) is 13.6 Å². The predicted octanol–water partition coefficient (Wildman–Crippen LogP) is 5.50. The molecule has 0 bridgehead atoms. The average Bonchev–Trinajstić information content (AvgIpc) is 3.61. The molecule has 1 N–H and O–H groups in total. The molecule has 1 atom stereocenters. The first-order valence-electron chi connectivity index (χ1n) is 11.6. The first-order chi connectivity index (χ1) is 18.5. The van der Waals surface area contributed by atoms with Crippen molar-refractivity contribution in [2.45, 2.75) is 23.0 Å². The van der Waals surface area contributed by atoms with Crippen LogP contribution in [0.4, 0.5) is 0 Å². The van der Waals surface area contributed by atoms with Crippen LogP contribution in [0.2, 0.25) is 0 Å². The molecule has 5 rings (SSSR count). The summed E-state index contributed by atoms with van der Waals surface area (Å²) in [6.07, 6.45) is 0. The largest absolute Gasteiger partial charge is 0.467 e. The summed E-state index contributed by atoms with van der Waals surface area (Å²) in [5.41, 5.74) is 2.57. The minimum atomic E-state index is -1.32. The number of hydrogen-bond donors (Lipinski definition) is 1. The van der Waals surface area contributed by atoms with Crippen LogP contribution in [-0.4, -0.2) is 34.2 Å². The van der Waals surface area contributed by atoms with E-state index in [0.29, 0.717) is 22.2 Å². The summed E-state index contributed by atoms with van der Waals surface area (Å²) < 4.78 is 16.9. The first-order valence-corrected chi connectivity index (χ1v) is 12.4. The van der Waals surface area contributed by atoms with Crippen molar-refractivity contribution in [1.82, 2.24) is 20.5 Å². The summed E-state index contributed by atoms with van der Waals surface area (Å²) in [5, 5.41) is 11.2. The highest BCUT2D eigenvalue weighted by atomic mass is 32.2. The molecule has 5 aromatic rings. The minimum absolute atomic E-state index is 0.0309. The van der Waals surface area contributed by atoms with Crippen LogP contribution in [0.3, 0.4) is 0 Å². The smallest absolute Gasteiger partial charge is 0.338 e. The molecule has 1 amide bonds. The lowest BCUT2D eigenvalue weighted by Gasteiger charge is -2.12. The van der Waals surface area contributed by atoms with Crippen LogP contribution >= 0.6 is 11.8 Å². The molecule has 0 radical (unpaired) electrons. The Hall–Kier alpha value is -4.70. The monoisotopic (exact) mass is 526 g/mol. The summed E-state index contributed by atoms with van der Waals surface area (Å²) in [5.74, 6) is -1.00. The number of aromatic nitrogens is 3. The van der Waals surface area contributed by atoms with E-state index < -0.39 is 17.9 Å². The molecular formula is C28H22N4O5S. The quantitative estimate of drug-likeness (QED) is 0.261. The van der Waals surface area contributed by atoms with Crippen LogP contribution < -0.4 is 5.32 Å². The zero-order valence-electron chi connectivity index (χ0n) is 20.5. The second-order valence-corrected chi connectivity index (χ2v) is 9.22. The van der Waals surface area contributed by atoms with E-state index in [9.17, 15) is 9.59 Å². The van der Waals surface area contributed by atoms with Gasteiger partial charge in [0.1, 0.15) is 0 Å². The molecule has 190 valence electrons. The molecule has 0 spiro atoms. The van der Waals surface area contributed by atoms with Crippen molar-refractivity contribution in [2.24, 2.45) is 0 Å². The van der Waals surface area contributed by atoms with Crippen molar-refractivity contribution in [3.05, 3.63) is 102 Å². The van der Waals surface area contributed by atoms with Gasteiger partial charge >= 0.3 is 5.97 Å². The Balaban J connectivity index is 1.49. The lowest BCUT2D eigenvalue weighted by Crippen LogP contribution is -2.34. The van der Waals surface area contributed by atoms with Crippen LogP contribution in [-0.2, 0) is 9.53 Å². The number of aryl methyl sites for hydroxylation is 1. The van der Waals surface area contributed by atoms with Crippen LogP contribution in [0.15, 0.2) is 104 Å². The second kappa shape index (κ2) is 11.1. The Morgan fingerprint density at radius 1 is 0.868 bits per heavy atom. The number of esters is 1. The summed E-state index contributed by atoms with van der Waals surface area (Å²) in [6.45, 7) is 2.01. The third-order valence-corrected chi connectivity index (χ3v) is 6.46. The van der Waals surface area contributed by atoms with Gasteiger partial charge < -0.3 is 18.9 Å². The Morgan fingerprint density at radius 3 is 2.24 bits per heavy atom. The van der Waals surface area contributed by atoms with Crippen LogP contribution in [0, 0.1) is 6.92 Å². The number of oxazole rings is 1. The van der Waals surface area contributed by atoms with E-state index in [1.54, 1.807) is 30.3 Å². The van der Waals surface area contributed by atoms with Gasteiger partial charge in [-0.2, -0.15) is 0 Å². The maximum absolute atomic E-state index is 12.7. The number of ether oxygens (including phenoxy) is 1. The average molecular weight is 527 g/mol. The molecule has 0 saturated heterocycles. The van der Waals surface area contributed by atoms with Crippen molar-refractivity contribution < 1.29 is 23.2 Å². The van der Waals surface area contributed by atoms with E-state index in [1.165, 1.54) is 18.9 Å². The molecule has 3 aromatic carbocycles. The van der Waals surface area contributed by atoms with Gasteiger partial charge in [-0.25, -0.2) is 9.78 Å². The van der Waals surface area contributed by atoms with Crippen molar-refractivity contribution in [3.8, 4) is 23.0 Å². The Labute approximate surface area is 222 Å². The molecule has 0 saturated carbocycles. The Morgan fingerprint density at radius 2 is 1.55 bits per heavy atom. The van der Waals surface area contributed by atoms with Crippen LogP contribution in [0.25, 0.3) is 23.0 Å². The lowest BCUT2D eigenvalue weighted by atomic mass is 10.2. The summed E-state index contributed by atoms with van der Waals surface area (Å²) >= 11 is 1.35. The number of benzene rings is 3. The summed E-state index contributed by atoms with van der Waals surface area (Å²) in [4.78, 5) is 30.8. The minimum Gasteiger partial charge on any atom is -0.467 e. The molecule has 9 nitrogen and oxygen atoms in total.